The maximum atomic E-state index is 12.5. The first kappa shape index (κ1) is 17.3. The molecule has 0 radical (unpaired) electrons. The molecule has 1 saturated heterocycles. The molecule has 2 N–H and O–H groups in total. The van der Waals surface area contributed by atoms with Crippen molar-refractivity contribution in [3.8, 4) is 5.75 Å². The Morgan fingerprint density at radius 1 is 1.28 bits per heavy atom. The van der Waals surface area contributed by atoms with Gasteiger partial charge in [0.25, 0.3) is 5.91 Å². The smallest absolute Gasteiger partial charge is 0.341 e. The summed E-state index contributed by atoms with van der Waals surface area (Å²) in [6.45, 7) is 3.70. The lowest BCUT2D eigenvalue weighted by Crippen LogP contribution is -2.37. The summed E-state index contributed by atoms with van der Waals surface area (Å²) < 4.78 is 5.28. The summed E-state index contributed by atoms with van der Waals surface area (Å²) >= 11 is 0. The van der Waals surface area contributed by atoms with Crippen molar-refractivity contribution in [3.63, 3.8) is 0 Å². The van der Waals surface area contributed by atoms with Crippen molar-refractivity contribution in [1.82, 2.24) is 10.2 Å². The molecule has 0 bridgehead atoms. The van der Waals surface area contributed by atoms with Crippen LogP contribution in [0.1, 0.15) is 40.7 Å². The fraction of sp³-hybridized carbons (Fsp3) is 0.500. The molecule has 2 fully saturated rings. The van der Waals surface area contributed by atoms with Gasteiger partial charge in [0.1, 0.15) is 5.75 Å². The van der Waals surface area contributed by atoms with Crippen molar-refractivity contribution in [1.29, 1.82) is 0 Å². The molecule has 0 spiro atoms. The number of aliphatic carboxylic acids is 1. The van der Waals surface area contributed by atoms with Crippen LogP contribution in [0, 0.1) is 13.8 Å². The number of ether oxygens (including phenoxy) is 1. The monoisotopic (exact) mass is 346 g/mol. The summed E-state index contributed by atoms with van der Waals surface area (Å²) in [4.78, 5) is 37.0. The van der Waals surface area contributed by atoms with E-state index in [1.165, 1.54) is 0 Å². The van der Waals surface area contributed by atoms with Crippen LogP contribution in [0.25, 0.3) is 0 Å². The Hall–Kier alpha value is -2.57. The van der Waals surface area contributed by atoms with Crippen LogP contribution in [0.3, 0.4) is 0 Å². The molecule has 1 aromatic carbocycles. The van der Waals surface area contributed by atoms with Gasteiger partial charge in [0.2, 0.25) is 5.91 Å². The van der Waals surface area contributed by atoms with Gasteiger partial charge in [-0.2, -0.15) is 0 Å². The van der Waals surface area contributed by atoms with Gasteiger partial charge in [0.05, 0.1) is 6.04 Å². The highest BCUT2D eigenvalue weighted by Gasteiger charge is 2.39. The van der Waals surface area contributed by atoms with E-state index in [-0.39, 0.29) is 17.9 Å². The lowest BCUT2D eigenvalue weighted by atomic mass is 10.0. The van der Waals surface area contributed by atoms with Crippen LogP contribution < -0.4 is 10.1 Å². The minimum atomic E-state index is -1.05. The number of benzene rings is 1. The van der Waals surface area contributed by atoms with E-state index in [2.05, 4.69) is 5.32 Å². The zero-order valence-electron chi connectivity index (χ0n) is 14.4. The van der Waals surface area contributed by atoms with Crippen molar-refractivity contribution >= 4 is 17.8 Å². The van der Waals surface area contributed by atoms with Gasteiger partial charge in [-0.1, -0.05) is 0 Å². The van der Waals surface area contributed by atoms with Crippen LogP contribution in [0.2, 0.25) is 0 Å². The van der Waals surface area contributed by atoms with Crippen molar-refractivity contribution in [2.75, 3.05) is 13.2 Å². The van der Waals surface area contributed by atoms with Gasteiger partial charge in [0.15, 0.2) is 6.61 Å². The summed E-state index contributed by atoms with van der Waals surface area (Å²) in [6, 6.07) is 3.55. The molecule has 1 aliphatic carbocycles. The number of carboxylic acids is 1. The average molecular weight is 346 g/mol. The maximum Gasteiger partial charge on any atom is 0.341 e. The Kier molecular flexibility index (Phi) is 4.65. The number of nitrogens with zero attached hydrogens (tertiary/aromatic N) is 1. The molecule has 0 aromatic heterocycles. The number of hydrogen-bond donors (Lipinski definition) is 2. The molecule has 25 heavy (non-hydrogen) atoms. The number of nitrogens with one attached hydrogen (secondary N) is 1. The quantitative estimate of drug-likeness (QED) is 0.808. The minimum absolute atomic E-state index is 0.109. The van der Waals surface area contributed by atoms with Gasteiger partial charge in [-0.3, -0.25) is 9.59 Å². The summed E-state index contributed by atoms with van der Waals surface area (Å²) in [5.41, 5.74) is 1.89. The van der Waals surface area contributed by atoms with Crippen LogP contribution in [0.15, 0.2) is 12.1 Å². The zero-order valence-corrected chi connectivity index (χ0v) is 14.4. The van der Waals surface area contributed by atoms with Crippen molar-refractivity contribution < 1.29 is 24.2 Å². The zero-order chi connectivity index (χ0) is 18.1. The fourth-order valence-electron chi connectivity index (χ4n) is 3.28. The second-order valence-electron chi connectivity index (χ2n) is 6.77. The van der Waals surface area contributed by atoms with E-state index < -0.39 is 12.6 Å². The van der Waals surface area contributed by atoms with E-state index in [0.717, 1.165) is 12.8 Å². The molecule has 1 aliphatic heterocycles. The van der Waals surface area contributed by atoms with Crippen LogP contribution in [-0.2, 0) is 9.59 Å². The van der Waals surface area contributed by atoms with Crippen LogP contribution in [0.4, 0.5) is 0 Å². The third kappa shape index (κ3) is 3.92. The largest absolute Gasteiger partial charge is 0.481 e. The molecule has 134 valence electrons. The van der Waals surface area contributed by atoms with Crippen LogP contribution in [-0.4, -0.2) is 53.0 Å². The molecule has 2 amide bonds. The molecule has 1 atom stereocenters. The van der Waals surface area contributed by atoms with Gasteiger partial charge >= 0.3 is 5.97 Å². The predicted octanol–water partition coefficient (Wildman–Crippen LogP) is 1.26. The molecule has 3 rings (SSSR count). The number of carbonyl (C=O) groups excluding carboxylic acids is 2. The predicted molar refractivity (Wildman–Crippen MR) is 89.7 cm³/mol. The third-order valence-electron chi connectivity index (χ3n) is 4.54. The van der Waals surface area contributed by atoms with Crippen molar-refractivity contribution in [3.05, 3.63) is 28.8 Å². The molecule has 1 heterocycles. The van der Waals surface area contributed by atoms with Crippen LogP contribution >= 0.6 is 0 Å². The lowest BCUT2D eigenvalue weighted by Gasteiger charge is -2.17. The van der Waals surface area contributed by atoms with E-state index in [0.29, 0.717) is 41.4 Å². The van der Waals surface area contributed by atoms with Gasteiger partial charge in [0, 0.05) is 24.6 Å². The first-order valence-electron chi connectivity index (χ1n) is 8.41. The Morgan fingerprint density at radius 3 is 2.48 bits per heavy atom. The number of amides is 2. The normalized spacial score (nSPS) is 19.8. The number of carbonyl (C=O) groups is 3. The molecular weight excluding hydrogens is 324 g/mol. The van der Waals surface area contributed by atoms with Gasteiger partial charge in [-0.05, 0) is 49.9 Å². The Labute approximate surface area is 146 Å². The van der Waals surface area contributed by atoms with E-state index >= 15 is 0 Å². The van der Waals surface area contributed by atoms with E-state index in [1.54, 1.807) is 26.0 Å². The number of aryl methyl sites for hydroxylation is 2. The average Bonchev–Trinajstić information content (AvgIpc) is 3.30. The maximum absolute atomic E-state index is 12.5. The van der Waals surface area contributed by atoms with Crippen molar-refractivity contribution in [2.45, 2.75) is 45.2 Å². The minimum Gasteiger partial charge on any atom is -0.481 e. The van der Waals surface area contributed by atoms with E-state index in [9.17, 15) is 14.4 Å². The molecule has 1 aromatic rings. The van der Waals surface area contributed by atoms with Crippen molar-refractivity contribution in [2.24, 2.45) is 0 Å². The highest BCUT2D eigenvalue weighted by Crippen LogP contribution is 2.31. The highest BCUT2D eigenvalue weighted by molar-refractivity contribution is 5.95. The summed E-state index contributed by atoms with van der Waals surface area (Å²) in [6.07, 6.45) is 2.46. The molecule has 1 unspecified atom stereocenters. The van der Waals surface area contributed by atoms with Gasteiger partial charge in [-0.15, -0.1) is 0 Å². The second-order valence-corrected chi connectivity index (χ2v) is 6.77. The number of hydrogen-bond acceptors (Lipinski definition) is 4. The number of likely N-dealkylation sites (tertiary alicyclic amines) is 1. The molecular formula is C18H22N2O5. The Bertz CT molecular complexity index is 703. The molecule has 1 saturated carbocycles. The summed E-state index contributed by atoms with van der Waals surface area (Å²) in [5, 5.41) is 11.7. The molecule has 7 nitrogen and oxygen atoms in total. The fourth-order valence-corrected chi connectivity index (χ4v) is 3.28. The first-order chi connectivity index (χ1) is 11.8. The van der Waals surface area contributed by atoms with E-state index in [4.69, 9.17) is 9.84 Å². The first-order valence-corrected chi connectivity index (χ1v) is 8.41. The Morgan fingerprint density at radius 2 is 1.92 bits per heavy atom. The van der Waals surface area contributed by atoms with E-state index in [1.807, 2.05) is 4.90 Å². The molecule has 2 aliphatic rings. The SMILES string of the molecule is Cc1cc(C(=O)NC2CC(=O)N(C3CC3)C2)cc(C)c1OCC(=O)O. The van der Waals surface area contributed by atoms with Gasteiger partial charge < -0.3 is 20.1 Å². The second kappa shape index (κ2) is 6.74. The topological polar surface area (TPSA) is 95.9 Å². The number of carboxylic acid groups (broad SMARTS) is 1. The summed E-state index contributed by atoms with van der Waals surface area (Å²) in [7, 11) is 0. The standard InChI is InChI=1S/C18H22N2O5/c1-10-5-12(6-11(2)17(10)25-9-16(22)23)18(24)19-13-7-15(21)20(8-13)14-3-4-14/h5-6,13-14H,3-4,7-9H2,1-2H3,(H,19,24)(H,22,23). The number of rotatable bonds is 6. The Balaban J connectivity index is 1.66. The van der Waals surface area contributed by atoms with Gasteiger partial charge in [-0.25, -0.2) is 4.79 Å². The third-order valence-corrected chi connectivity index (χ3v) is 4.54. The van der Waals surface area contributed by atoms with Crippen LogP contribution in [0.5, 0.6) is 5.75 Å². The molecule has 7 heteroatoms. The lowest BCUT2D eigenvalue weighted by molar-refractivity contribution is -0.139. The highest BCUT2D eigenvalue weighted by atomic mass is 16.5. The summed E-state index contributed by atoms with van der Waals surface area (Å²) in [5.74, 6) is -0.689.